The van der Waals surface area contributed by atoms with Gasteiger partial charge in [0.1, 0.15) is 22.3 Å². The van der Waals surface area contributed by atoms with Crippen LogP contribution in [0.15, 0.2) is 21.0 Å². The van der Waals surface area contributed by atoms with E-state index in [1.165, 1.54) is 18.1 Å². The monoisotopic (exact) mass is 255 g/mol. The van der Waals surface area contributed by atoms with Crippen LogP contribution in [0.25, 0.3) is 0 Å². The molecule has 0 radical (unpaired) electrons. The van der Waals surface area contributed by atoms with Gasteiger partial charge in [-0.1, -0.05) is 11.6 Å². The Morgan fingerprint density at radius 3 is 2.62 bits per heavy atom. The van der Waals surface area contributed by atoms with Gasteiger partial charge in [-0.15, -0.1) is 0 Å². The summed E-state index contributed by atoms with van der Waals surface area (Å²) >= 11 is 7.25. The Kier molecular flexibility index (Phi) is 3.16. The SMILES string of the molecule is Cc1nc(Sc2ncnc(Cl)c2C)oc1C. The average Bonchev–Trinajstić information content (AvgIpc) is 2.54. The Bertz CT molecular complexity index is 507. The van der Waals surface area contributed by atoms with Gasteiger partial charge >= 0.3 is 0 Å². The fourth-order valence-corrected chi connectivity index (χ4v) is 2.14. The number of halogens is 1. The number of nitrogens with zero attached hydrogens (tertiary/aromatic N) is 3. The normalized spacial score (nSPS) is 10.8. The molecular formula is C10H10ClN3OS. The molecule has 0 saturated carbocycles. The van der Waals surface area contributed by atoms with E-state index in [2.05, 4.69) is 15.0 Å². The molecule has 0 bridgehead atoms. The molecule has 0 unspecified atom stereocenters. The molecule has 0 fully saturated rings. The minimum absolute atomic E-state index is 0.456. The lowest BCUT2D eigenvalue weighted by Gasteiger charge is -2.01. The summed E-state index contributed by atoms with van der Waals surface area (Å²) in [5.74, 6) is 0.820. The molecule has 2 aromatic heterocycles. The largest absolute Gasteiger partial charge is 0.436 e. The highest BCUT2D eigenvalue weighted by Gasteiger charge is 2.12. The van der Waals surface area contributed by atoms with Gasteiger partial charge in [-0.3, -0.25) is 0 Å². The molecule has 2 aromatic rings. The fraction of sp³-hybridized carbons (Fsp3) is 0.300. The first kappa shape index (κ1) is 11.4. The van der Waals surface area contributed by atoms with Crippen molar-refractivity contribution in [1.29, 1.82) is 0 Å². The third-order valence-electron chi connectivity index (χ3n) is 2.17. The molecule has 2 heterocycles. The molecule has 0 spiro atoms. The van der Waals surface area contributed by atoms with E-state index < -0.39 is 0 Å². The average molecular weight is 256 g/mol. The van der Waals surface area contributed by atoms with Crippen molar-refractivity contribution in [2.24, 2.45) is 0 Å². The standard InChI is InChI=1S/C10H10ClN3OS/c1-5-8(11)12-4-13-9(5)16-10-14-6(2)7(3)15-10/h4H,1-3H3. The quantitative estimate of drug-likeness (QED) is 0.772. The van der Waals surface area contributed by atoms with Crippen LogP contribution >= 0.6 is 23.4 Å². The number of oxazole rings is 1. The van der Waals surface area contributed by atoms with Gasteiger partial charge < -0.3 is 4.42 Å². The number of hydrogen-bond donors (Lipinski definition) is 0. The second kappa shape index (κ2) is 4.43. The lowest BCUT2D eigenvalue weighted by atomic mass is 10.4. The van der Waals surface area contributed by atoms with Crippen LogP contribution in [0.4, 0.5) is 0 Å². The summed E-state index contributed by atoms with van der Waals surface area (Å²) in [6, 6.07) is 0. The maximum atomic E-state index is 5.90. The molecular weight excluding hydrogens is 246 g/mol. The maximum absolute atomic E-state index is 5.90. The zero-order chi connectivity index (χ0) is 11.7. The molecule has 0 saturated heterocycles. The lowest BCUT2D eigenvalue weighted by molar-refractivity contribution is 0.431. The van der Waals surface area contributed by atoms with Crippen LogP contribution in [-0.4, -0.2) is 15.0 Å². The van der Waals surface area contributed by atoms with Crippen molar-refractivity contribution >= 4 is 23.4 Å². The third kappa shape index (κ3) is 2.20. The van der Waals surface area contributed by atoms with E-state index in [4.69, 9.17) is 16.0 Å². The van der Waals surface area contributed by atoms with Gasteiger partial charge in [0.2, 0.25) is 0 Å². The predicted molar refractivity (Wildman–Crippen MR) is 61.9 cm³/mol. The summed E-state index contributed by atoms with van der Waals surface area (Å²) in [5.41, 5.74) is 1.72. The van der Waals surface area contributed by atoms with Gasteiger partial charge in [0.25, 0.3) is 5.22 Å². The molecule has 0 aliphatic rings. The van der Waals surface area contributed by atoms with Crippen molar-refractivity contribution in [3.05, 3.63) is 28.5 Å². The zero-order valence-corrected chi connectivity index (χ0v) is 10.7. The Balaban J connectivity index is 2.30. The minimum atomic E-state index is 0.456. The van der Waals surface area contributed by atoms with Crippen LogP contribution in [0.5, 0.6) is 0 Å². The Hall–Kier alpha value is -1.07. The Morgan fingerprint density at radius 1 is 1.25 bits per heavy atom. The number of hydrogen-bond acceptors (Lipinski definition) is 5. The summed E-state index contributed by atoms with van der Waals surface area (Å²) in [6.07, 6.45) is 1.43. The second-order valence-electron chi connectivity index (χ2n) is 3.32. The predicted octanol–water partition coefficient (Wildman–Crippen LogP) is 3.19. The van der Waals surface area contributed by atoms with Gasteiger partial charge in [0, 0.05) is 5.56 Å². The van der Waals surface area contributed by atoms with E-state index in [0.717, 1.165) is 22.0 Å². The van der Waals surface area contributed by atoms with Crippen LogP contribution < -0.4 is 0 Å². The van der Waals surface area contributed by atoms with E-state index in [0.29, 0.717) is 10.4 Å². The van der Waals surface area contributed by atoms with Crippen LogP contribution in [0, 0.1) is 20.8 Å². The minimum Gasteiger partial charge on any atom is -0.436 e. The first-order valence-corrected chi connectivity index (χ1v) is 5.86. The zero-order valence-electron chi connectivity index (χ0n) is 9.11. The third-order valence-corrected chi connectivity index (χ3v) is 3.50. The Labute approximate surface area is 102 Å². The molecule has 16 heavy (non-hydrogen) atoms. The first-order chi connectivity index (χ1) is 7.58. The van der Waals surface area contributed by atoms with E-state index >= 15 is 0 Å². The van der Waals surface area contributed by atoms with Gasteiger partial charge in [-0.05, 0) is 32.5 Å². The van der Waals surface area contributed by atoms with Crippen molar-refractivity contribution in [2.45, 2.75) is 31.0 Å². The maximum Gasteiger partial charge on any atom is 0.262 e. The van der Waals surface area contributed by atoms with Gasteiger partial charge in [-0.25, -0.2) is 15.0 Å². The highest BCUT2D eigenvalue weighted by atomic mass is 35.5. The molecule has 0 aromatic carbocycles. The summed E-state index contributed by atoms with van der Waals surface area (Å²) in [7, 11) is 0. The molecule has 6 heteroatoms. The number of rotatable bonds is 2. The fourth-order valence-electron chi connectivity index (χ4n) is 1.09. The summed E-state index contributed by atoms with van der Waals surface area (Å²) < 4.78 is 5.46. The van der Waals surface area contributed by atoms with Crippen LogP contribution in [0.2, 0.25) is 5.15 Å². The highest BCUT2D eigenvalue weighted by molar-refractivity contribution is 7.99. The lowest BCUT2D eigenvalue weighted by Crippen LogP contribution is -1.89. The number of aromatic nitrogens is 3. The summed E-state index contributed by atoms with van der Waals surface area (Å²) in [5, 5.41) is 1.80. The van der Waals surface area contributed by atoms with Crippen LogP contribution in [-0.2, 0) is 0 Å². The van der Waals surface area contributed by atoms with Crippen LogP contribution in [0.1, 0.15) is 17.0 Å². The summed E-state index contributed by atoms with van der Waals surface area (Å²) in [6.45, 7) is 5.65. The number of aryl methyl sites for hydroxylation is 2. The van der Waals surface area contributed by atoms with Crippen molar-refractivity contribution in [3.63, 3.8) is 0 Å². The molecule has 0 atom stereocenters. The van der Waals surface area contributed by atoms with Gasteiger partial charge in [-0.2, -0.15) is 0 Å². The van der Waals surface area contributed by atoms with E-state index in [1.807, 2.05) is 20.8 Å². The van der Waals surface area contributed by atoms with Crippen LogP contribution in [0.3, 0.4) is 0 Å². The summed E-state index contributed by atoms with van der Waals surface area (Å²) in [4.78, 5) is 12.3. The van der Waals surface area contributed by atoms with Crippen molar-refractivity contribution in [3.8, 4) is 0 Å². The molecule has 4 nitrogen and oxygen atoms in total. The van der Waals surface area contributed by atoms with Crippen molar-refractivity contribution in [2.75, 3.05) is 0 Å². The topological polar surface area (TPSA) is 51.8 Å². The molecule has 0 aliphatic carbocycles. The molecule has 2 rings (SSSR count). The second-order valence-corrected chi connectivity index (χ2v) is 4.62. The van der Waals surface area contributed by atoms with Crippen molar-refractivity contribution < 1.29 is 4.42 Å². The van der Waals surface area contributed by atoms with Crippen molar-refractivity contribution in [1.82, 2.24) is 15.0 Å². The van der Waals surface area contributed by atoms with E-state index in [9.17, 15) is 0 Å². The van der Waals surface area contributed by atoms with E-state index in [-0.39, 0.29) is 0 Å². The molecule has 0 amide bonds. The molecule has 84 valence electrons. The highest BCUT2D eigenvalue weighted by Crippen LogP contribution is 2.30. The molecule has 0 aliphatic heterocycles. The smallest absolute Gasteiger partial charge is 0.262 e. The van der Waals surface area contributed by atoms with Gasteiger partial charge in [0.05, 0.1) is 5.69 Å². The first-order valence-electron chi connectivity index (χ1n) is 4.67. The Morgan fingerprint density at radius 2 is 2.00 bits per heavy atom. The van der Waals surface area contributed by atoms with Gasteiger partial charge in [0.15, 0.2) is 0 Å². The van der Waals surface area contributed by atoms with E-state index in [1.54, 1.807) is 0 Å². The molecule has 0 N–H and O–H groups in total.